The van der Waals surface area contributed by atoms with E-state index in [1.54, 1.807) is 0 Å². The Bertz CT molecular complexity index is 1500. The van der Waals surface area contributed by atoms with E-state index in [0.29, 0.717) is 0 Å². The smallest absolute Gasteiger partial charge is 0.0967 e. The highest BCUT2D eigenvalue weighted by Gasteiger charge is 2.06. The Morgan fingerprint density at radius 1 is 0.438 bits per heavy atom. The molecule has 0 radical (unpaired) electrons. The SMILES string of the molecule is Cc1ccc2ccc3ccc(C)nc3c2n1.Cc1ccnc2c1ccc1c(C)ccnc12. The van der Waals surface area contributed by atoms with Crippen molar-refractivity contribution in [1.82, 2.24) is 19.9 Å². The van der Waals surface area contributed by atoms with Crippen LogP contribution in [0.5, 0.6) is 0 Å². The minimum Gasteiger partial charge on any atom is -0.254 e. The van der Waals surface area contributed by atoms with Crippen molar-refractivity contribution in [2.24, 2.45) is 0 Å². The molecule has 4 heteroatoms. The molecule has 0 saturated heterocycles. The van der Waals surface area contributed by atoms with Crippen LogP contribution in [0.25, 0.3) is 43.6 Å². The van der Waals surface area contributed by atoms with E-state index in [9.17, 15) is 0 Å². The third kappa shape index (κ3) is 3.54. The summed E-state index contributed by atoms with van der Waals surface area (Å²) < 4.78 is 0. The lowest BCUT2D eigenvalue weighted by molar-refractivity contribution is 1.23. The predicted molar refractivity (Wildman–Crippen MR) is 133 cm³/mol. The Balaban J connectivity index is 0.000000135. The Kier molecular flexibility index (Phi) is 4.98. The fraction of sp³-hybridized carbons (Fsp3) is 0.143. The zero-order valence-corrected chi connectivity index (χ0v) is 18.7. The highest BCUT2D eigenvalue weighted by Crippen LogP contribution is 2.26. The second-order valence-corrected chi connectivity index (χ2v) is 8.23. The van der Waals surface area contributed by atoms with Gasteiger partial charge in [0.15, 0.2) is 0 Å². The van der Waals surface area contributed by atoms with E-state index < -0.39 is 0 Å². The van der Waals surface area contributed by atoms with Crippen LogP contribution >= 0.6 is 0 Å². The molecule has 0 saturated carbocycles. The third-order valence-corrected chi connectivity index (χ3v) is 5.86. The van der Waals surface area contributed by atoms with Crippen molar-refractivity contribution >= 4 is 43.6 Å². The van der Waals surface area contributed by atoms with Crippen LogP contribution in [0.1, 0.15) is 22.5 Å². The average Bonchev–Trinajstić information content (AvgIpc) is 2.80. The van der Waals surface area contributed by atoms with E-state index in [1.807, 2.05) is 50.5 Å². The summed E-state index contributed by atoms with van der Waals surface area (Å²) in [6, 6.07) is 20.8. The summed E-state index contributed by atoms with van der Waals surface area (Å²) in [6.45, 7) is 8.22. The molecule has 0 unspecified atom stereocenters. The largest absolute Gasteiger partial charge is 0.254 e. The van der Waals surface area contributed by atoms with Crippen molar-refractivity contribution in [3.8, 4) is 0 Å². The number of aromatic nitrogens is 4. The van der Waals surface area contributed by atoms with Crippen molar-refractivity contribution in [2.75, 3.05) is 0 Å². The summed E-state index contributed by atoms with van der Waals surface area (Å²) in [6.07, 6.45) is 3.70. The number of fused-ring (bicyclic) bond motifs is 6. The Hall–Kier alpha value is -3.92. The summed E-state index contributed by atoms with van der Waals surface area (Å²) in [7, 11) is 0. The Labute approximate surface area is 187 Å². The lowest BCUT2D eigenvalue weighted by Gasteiger charge is -2.06. The zero-order valence-electron chi connectivity index (χ0n) is 18.7. The van der Waals surface area contributed by atoms with Crippen LogP contribution in [0.4, 0.5) is 0 Å². The topological polar surface area (TPSA) is 51.6 Å². The first kappa shape index (κ1) is 20.0. The quantitative estimate of drug-likeness (QED) is 0.256. The molecule has 0 amide bonds. The molecule has 0 spiro atoms. The van der Waals surface area contributed by atoms with E-state index in [0.717, 1.165) is 44.2 Å². The molecule has 2 aromatic carbocycles. The minimum atomic E-state index is 1.00. The number of hydrogen-bond donors (Lipinski definition) is 0. The number of aryl methyl sites for hydroxylation is 4. The Morgan fingerprint density at radius 3 is 1.28 bits per heavy atom. The lowest BCUT2D eigenvalue weighted by Crippen LogP contribution is -1.89. The van der Waals surface area contributed by atoms with E-state index in [1.165, 1.54) is 21.9 Å². The second-order valence-electron chi connectivity index (χ2n) is 8.23. The average molecular weight is 417 g/mol. The maximum absolute atomic E-state index is 4.58. The van der Waals surface area contributed by atoms with Crippen molar-refractivity contribution in [3.05, 3.63) is 95.6 Å². The van der Waals surface area contributed by atoms with Gasteiger partial charge in [0.05, 0.1) is 22.1 Å². The van der Waals surface area contributed by atoms with Gasteiger partial charge in [0.2, 0.25) is 0 Å². The molecule has 0 fully saturated rings. The highest BCUT2D eigenvalue weighted by molar-refractivity contribution is 6.04. The molecule has 4 nitrogen and oxygen atoms in total. The summed E-state index contributed by atoms with van der Waals surface area (Å²) >= 11 is 0. The van der Waals surface area contributed by atoms with Crippen LogP contribution in [0.3, 0.4) is 0 Å². The third-order valence-electron chi connectivity index (χ3n) is 5.86. The fourth-order valence-electron chi connectivity index (χ4n) is 4.07. The van der Waals surface area contributed by atoms with Gasteiger partial charge in [-0.15, -0.1) is 0 Å². The lowest BCUT2D eigenvalue weighted by atomic mass is 10.0. The van der Waals surface area contributed by atoms with Gasteiger partial charge >= 0.3 is 0 Å². The van der Waals surface area contributed by atoms with Crippen LogP contribution in [-0.4, -0.2) is 19.9 Å². The maximum atomic E-state index is 4.58. The van der Waals surface area contributed by atoms with Gasteiger partial charge in [0.25, 0.3) is 0 Å². The van der Waals surface area contributed by atoms with Gasteiger partial charge in [-0.25, -0.2) is 0 Å². The van der Waals surface area contributed by atoms with Gasteiger partial charge in [0.1, 0.15) is 0 Å². The summed E-state index contributed by atoms with van der Waals surface area (Å²) in [4.78, 5) is 18.1. The van der Waals surface area contributed by atoms with Crippen molar-refractivity contribution < 1.29 is 0 Å². The molecule has 0 N–H and O–H groups in total. The van der Waals surface area contributed by atoms with Crippen molar-refractivity contribution in [1.29, 1.82) is 0 Å². The monoisotopic (exact) mass is 416 g/mol. The van der Waals surface area contributed by atoms with Crippen LogP contribution in [0.2, 0.25) is 0 Å². The molecule has 0 aliphatic rings. The second kappa shape index (κ2) is 7.97. The van der Waals surface area contributed by atoms with E-state index in [-0.39, 0.29) is 0 Å². The molecule has 0 bridgehead atoms. The summed E-state index contributed by atoms with van der Waals surface area (Å²) in [5, 5.41) is 4.67. The molecule has 6 rings (SSSR count). The zero-order chi connectivity index (χ0) is 22.2. The number of hydrogen-bond acceptors (Lipinski definition) is 4. The van der Waals surface area contributed by atoms with Gasteiger partial charge in [-0.3, -0.25) is 19.9 Å². The van der Waals surface area contributed by atoms with Crippen LogP contribution in [-0.2, 0) is 0 Å². The highest BCUT2D eigenvalue weighted by atomic mass is 14.8. The molecule has 4 aromatic heterocycles. The number of nitrogens with zero attached hydrogens (tertiary/aromatic N) is 4. The van der Waals surface area contributed by atoms with Gasteiger partial charge in [-0.1, -0.05) is 36.4 Å². The molecular weight excluding hydrogens is 392 g/mol. The first-order chi connectivity index (χ1) is 15.5. The molecule has 32 heavy (non-hydrogen) atoms. The molecule has 6 aromatic rings. The van der Waals surface area contributed by atoms with Crippen LogP contribution < -0.4 is 0 Å². The fourth-order valence-corrected chi connectivity index (χ4v) is 4.07. The number of benzene rings is 2. The van der Waals surface area contributed by atoms with E-state index in [4.69, 9.17) is 0 Å². The number of pyridine rings is 4. The van der Waals surface area contributed by atoms with Gasteiger partial charge in [-0.05, 0) is 63.1 Å². The Morgan fingerprint density at radius 2 is 0.844 bits per heavy atom. The molecule has 0 aliphatic carbocycles. The molecule has 0 atom stereocenters. The van der Waals surface area contributed by atoms with Crippen LogP contribution in [0, 0.1) is 27.7 Å². The predicted octanol–water partition coefficient (Wildman–Crippen LogP) is 6.80. The molecule has 156 valence electrons. The maximum Gasteiger partial charge on any atom is 0.0967 e. The van der Waals surface area contributed by atoms with Crippen molar-refractivity contribution in [3.63, 3.8) is 0 Å². The normalized spacial score (nSPS) is 11.1. The van der Waals surface area contributed by atoms with Crippen LogP contribution in [0.15, 0.2) is 73.1 Å². The molecule has 0 aliphatic heterocycles. The standard InChI is InChI=1S/2C14H12N2/c1-9-3-5-11-7-8-12-6-4-10(2)16-14(12)13(11)15-9;1-9-5-7-15-13-11(9)3-4-12-10(2)6-8-16-14(12)13/h2*3-8H,1-2H3. The van der Waals surface area contributed by atoms with Gasteiger partial charge in [-0.2, -0.15) is 0 Å². The summed E-state index contributed by atoms with van der Waals surface area (Å²) in [5.74, 6) is 0. The first-order valence-electron chi connectivity index (χ1n) is 10.7. The molecular formula is C28H24N4. The van der Waals surface area contributed by atoms with E-state index >= 15 is 0 Å². The van der Waals surface area contributed by atoms with Crippen molar-refractivity contribution in [2.45, 2.75) is 27.7 Å². The minimum absolute atomic E-state index is 1.00. The summed E-state index contributed by atoms with van der Waals surface area (Å²) in [5.41, 5.74) is 8.56. The first-order valence-corrected chi connectivity index (χ1v) is 10.7. The van der Waals surface area contributed by atoms with Gasteiger partial charge < -0.3 is 0 Å². The molecule has 4 heterocycles. The van der Waals surface area contributed by atoms with E-state index in [2.05, 4.69) is 70.2 Å². The van der Waals surface area contributed by atoms with Gasteiger partial charge in [0, 0.05) is 45.3 Å². The number of rotatable bonds is 0.